The first-order chi connectivity index (χ1) is 6.14. The Morgan fingerprint density at radius 3 is 3.08 bits per heavy atom. The van der Waals surface area contributed by atoms with Gasteiger partial charge >= 0.3 is 0 Å². The van der Waals surface area contributed by atoms with Gasteiger partial charge in [0.2, 0.25) is 0 Å². The van der Waals surface area contributed by atoms with E-state index in [2.05, 4.69) is 24.5 Å². The van der Waals surface area contributed by atoms with Gasteiger partial charge in [-0.25, -0.2) is 0 Å². The highest BCUT2D eigenvalue weighted by Crippen LogP contribution is 2.26. The van der Waals surface area contributed by atoms with Crippen LogP contribution in [0.2, 0.25) is 0 Å². The molecule has 0 N–H and O–H groups in total. The second-order valence-corrected chi connectivity index (χ2v) is 4.95. The van der Waals surface area contributed by atoms with Gasteiger partial charge in [0.25, 0.3) is 0 Å². The molecule has 0 saturated carbocycles. The van der Waals surface area contributed by atoms with E-state index in [1.54, 1.807) is 11.3 Å². The molecule has 1 aliphatic rings. The number of fused-ring (bicyclic) bond motifs is 1. The van der Waals surface area contributed by atoms with Crippen LogP contribution in [0.4, 0.5) is 4.39 Å². The van der Waals surface area contributed by atoms with Gasteiger partial charge in [-0.2, -0.15) is 0 Å². The maximum atomic E-state index is 12.7. The second kappa shape index (κ2) is 2.95. The van der Waals surface area contributed by atoms with E-state index in [-0.39, 0.29) is 12.1 Å². The van der Waals surface area contributed by atoms with Crippen molar-refractivity contribution in [2.24, 2.45) is 5.41 Å². The molecular formula is C11H13FS. The minimum absolute atomic E-state index is 0.260. The van der Waals surface area contributed by atoms with Crippen LogP contribution < -0.4 is 9.75 Å². The van der Waals surface area contributed by atoms with E-state index in [0.717, 1.165) is 6.42 Å². The molecule has 0 radical (unpaired) electrons. The Labute approximate surface area is 81.4 Å². The number of hydrogen-bond donors (Lipinski definition) is 0. The van der Waals surface area contributed by atoms with Gasteiger partial charge in [-0.15, -0.1) is 11.3 Å². The first-order valence-electron chi connectivity index (χ1n) is 4.48. The van der Waals surface area contributed by atoms with Crippen molar-refractivity contribution in [3.05, 3.63) is 20.7 Å². The van der Waals surface area contributed by atoms with Gasteiger partial charge in [0.1, 0.15) is 0 Å². The molecule has 0 unspecified atom stereocenters. The van der Waals surface area contributed by atoms with Crippen molar-refractivity contribution < 1.29 is 4.39 Å². The summed E-state index contributed by atoms with van der Waals surface area (Å²) in [5.41, 5.74) is 1.06. The fourth-order valence-electron chi connectivity index (χ4n) is 1.65. The van der Waals surface area contributed by atoms with Gasteiger partial charge in [-0.05, 0) is 29.5 Å². The van der Waals surface area contributed by atoms with Crippen LogP contribution in [0, 0.1) is 12.3 Å². The third kappa shape index (κ3) is 1.44. The zero-order valence-corrected chi connectivity index (χ0v) is 8.75. The molecule has 1 heterocycles. The van der Waals surface area contributed by atoms with E-state index in [1.807, 2.05) is 6.92 Å². The lowest BCUT2D eigenvalue weighted by Gasteiger charge is -2.21. The molecule has 0 aliphatic heterocycles. The molecule has 0 spiro atoms. The Balaban J connectivity index is 2.63. The van der Waals surface area contributed by atoms with Crippen LogP contribution in [-0.2, 0) is 0 Å². The molecule has 2 rings (SSSR count). The monoisotopic (exact) mass is 196 g/mol. The van der Waals surface area contributed by atoms with Crippen molar-refractivity contribution in [3.8, 4) is 0 Å². The number of hydrogen-bond acceptors (Lipinski definition) is 1. The molecule has 0 aromatic carbocycles. The zero-order valence-electron chi connectivity index (χ0n) is 7.93. The predicted octanol–water partition coefficient (Wildman–Crippen LogP) is 2.00. The van der Waals surface area contributed by atoms with Crippen molar-refractivity contribution >= 4 is 23.5 Å². The Hall–Kier alpha value is -0.630. The lowest BCUT2D eigenvalue weighted by Crippen LogP contribution is -2.31. The molecule has 13 heavy (non-hydrogen) atoms. The quantitative estimate of drug-likeness (QED) is 0.644. The highest BCUT2D eigenvalue weighted by molar-refractivity contribution is 7.07. The summed E-state index contributed by atoms with van der Waals surface area (Å²) in [6.45, 7) is 3.82. The molecular weight excluding hydrogens is 183 g/mol. The summed E-state index contributed by atoms with van der Waals surface area (Å²) >= 11 is 1.72. The number of alkyl halides is 1. The van der Waals surface area contributed by atoms with Gasteiger partial charge < -0.3 is 0 Å². The van der Waals surface area contributed by atoms with Crippen LogP contribution >= 0.6 is 11.3 Å². The van der Waals surface area contributed by atoms with Crippen molar-refractivity contribution in [2.75, 3.05) is 6.67 Å². The highest BCUT2D eigenvalue weighted by atomic mass is 32.1. The van der Waals surface area contributed by atoms with E-state index in [1.165, 1.54) is 15.3 Å². The zero-order chi connectivity index (χ0) is 9.47. The molecule has 0 amide bonds. The minimum Gasteiger partial charge on any atom is -0.250 e. The van der Waals surface area contributed by atoms with Gasteiger partial charge in [0.05, 0.1) is 6.67 Å². The van der Waals surface area contributed by atoms with Crippen molar-refractivity contribution in [1.29, 1.82) is 0 Å². The maximum Gasteiger partial charge on any atom is 0.0985 e. The predicted molar refractivity (Wildman–Crippen MR) is 55.9 cm³/mol. The van der Waals surface area contributed by atoms with E-state index in [4.69, 9.17) is 0 Å². The first-order valence-corrected chi connectivity index (χ1v) is 5.36. The third-order valence-corrected chi connectivity index (χ3v) is 3.67. The van der Waals surface area contributed by atoms with Gasteiger partial charge in [0, 0.05) is 9.95 Å². The molecule has 0 saturated heterocycles. The molecule has 2 heteroatoms. The van der Waals surface area contributed by atoms with E-state index in [0.29, 0.717) is 0 Å². The Morgan fingerprint density at radius 1 is 1.62 bits per heavy atom. The molecule has 1 aromatic heterocycles. The van der Waals surface area contributed by atoms with Crippen LogP contribution in [0.1, 0.15) is 18.9 Å². The number of thiophene rings is 1. The summed E-state index contributed by atoms with van der Waals surface area (Å²) in [4.78, 5) is 0. The summed E-state index contributed by atoms with van der Waals surface area (Å²) in [6.07, 6.45) is 5.08. The SMILES string of the molecule is Cc1csc2c1=CC[C@](C)(CF)C=2. The minimum atomic E-state index is -0.264. The van der Waals surface area contributed by atoms with E-state index in [9.17, 15) is 4.39 Å². The molecule has 70 valence electrons. The molecule has 1 aromatic rings. The number of aryl methyl sites for hydroxylation is 1. The largest absolute Gasteiger partial charge is 0.250 e. The lowest BCUT2D eigenvalue weighted by molar-refractivity contribution is 0.322. The fourth-order valence-corrected chi connectivity index (χ4v) is 2.80. The lowest BCUT2D eigenvalue weighted by atomic mass is 9.85. The molecule has 0 fully saturated rings. The van der Waals surface area contributed by atoms with Crippen LogP contribution in [-0.4, -0.2) is 6.67 Å². The van der Waals surface area contributed by atoms with Gasteiger partial charge in [0.15, 0.2) is 0 Å². The average Bonchev–Trinajstić information content (AvgIpc) is 2.47. The topological polar surface area (TPSA) is 0 Å². The van der Waals surface area contributed by atoms with Gasteiger partial charge in [-0.3, -0.25) is 4.39 Å². The Bertz CT molecular complexity index is 429. The Kier molecular flexibility index (Phi) is 2.03. The smallest absolute Gasteiger partial charge is 0.0985 e. The second-order valence-electron chi connectivity index (χ2n) is 4.04. The van der Waals surface area contributed by atoms with Crippen molar-refractivity contribution in [2.45, 2.75) is 20.3 Å². The average molecular weight is 196 g/mol. The summed E-state index contributed by atoms with van der Waals surface area (Å²) in [5, 5.41) is 3.46. The van der Waals surface area contributed by atoms with Crippen LogP contribution in [0.25, 0.3) is 12.2 Å². The normalized spacial score (nSPS) is 26.1. The summed E-state index contributed by atoms with van der Waals surface area (Å²) < 4.78 is 14.0. The Morgan fingerprint density at radius 2 is 2.38 bits per heavy atom. The van der Waals surface area contributed by atoms with Crippen LogP contribution in [0.15, 0.2) is 5.38 Å². The molecule has 1 aliphatic carbocycles. The number of rotatable bonds is 1. The summed E-state index contributed by atoms with van der Waals surface area (Å²) in [5.74, 6) is 0. The fraction of sp³-hybridized carbons (Fsp3) is 0.455. The van der Waals surface area contributed by atoms with Gasteiger partial charge in [-0.1, -0.05) is 19.1 Å². The molecule has 0 bridgehead atoms. The molecule has 0 nitrogen and oxygen atoms in total. The molecule has 1 atom stereocenters. The highest BCUT2D eigenvalue weighted by Gasteiger charge is 2.22. The van der Waals surface area contributed by atoms with Crippen molar-refractivity contribution in [1.82, 2.24) is 0 Å². The first kappa shape index (κ1) is 8.95. The van der Waals surface area contributed by atoms with E-state index < -0.39 is 0 Å². The third-order valence-electron chi connectivity index (χ3n) is 2.61. The maximum absolute atomic E-state index is 12.7. The van der Waals surface area contributed by atoms with Crippen LogP contribution in [0.5, 0.6) is 0 Å². The summed E-state index contributed by atoms with van der Waals surface area (Å²) in [7, 11) is 0. The summed E-state index contributed by atoms with van der Waals surface area (Å²) in [6, 6.07) is 0. The van der Waals surface area contributed by atoms with E-state index >= 15 is 0 Å². The van der Waals surface area contributed by atoms with Crippen LogP contribution in [0.3, 0.4) is 0 Å². The van der Waals surface area contributed by atoms with Crippen molar-refractivity contribution in [3.63, 3.8) is 0 Å². The standard InChI is InChI=1S/C11H13FS/c1-8-6-13-10-5-11(2,7-12)4-3-9(8)10/h3,5-6H,4,7H2,1-2H3/t11-/m0/s1. The number of halogens is 1.